The molecule has 0 radical (unpaired) electrons. The lowest BCUT2D eigenvalue weighted by Gasteiger charge is -2.12. The van der Waals surface area contributed by atoms with E-state index < -0.39 is 12.0 Å². The Bertz CT molecular complexity index is 877. The van der Waals surface area contributed by atoms with Crippen LogP contribution in [0.3, 0.4) is 0 Å². The zero-order valence-corrected chi connectivity index (χ0v) is 14.2. The molecule has 1 unspecified atom stereocenters. The summed E-state index contributed by atoms with van der Waals surface area (Å²) in [5.41, 5.74) is 1.58. The highest BCUT2D eigenvalue weighted by Gasteiger charge is 2.37. The van der Waals surface area contributed by atoms with E-state index in [1.165, 1.54) is 11.8 Å². The summed E-state index contributed by atoms with van der Waals surface area (Å²) >= 11 is 7.26. The van der Waals surface area contributed by atoms with Gasteiger partial charge in [-0.1, -0.05) is 35.5 Å². The Morgan fingerprint density at radius 1 is 1.17 bits per heavy atom. The Kier molecular flexibility index (Phi) is 4.44. The molecule has 1 atom stereocenters. The quantitative estimate of drug-likeness (QED) is 0.481. The van der Waals surface area contributed by atoms with E-state index in [1.807, 2.05) is 19.1 Å². The molecule has 2 heterocycles. The van der Waals surface area contributed by atoms with Gasteiger partial charge in [-0.2, -0.15) is 22.7 Å². The van der Waals surface area contributed by atoms with E-state index in [0.29, 0.717) is 15.7 Å². The van der Waals surface area contributed by atoms with Crippen LogP contribution in [-0.2, 0) is 6.18 Å². The lowest BCUT2D eigenvalue weighted by molar-refractivity contribution is -0.144. The van der Waals surface area contributed by atoms with E-state index in [-0.39, 0.29) is 11.0 Å². The van der Waals surface area contributed by atoms with Gasteiger partial charge in [0.05, 0.1) is 0 Å². The highest BCUT2D eigenvalue weighted by Crippen LogP contribution is 2.36. The van der Waals surface area contributed by atoms with Crippen molar-refractivity contribution in [3.05, 3.63) is 52.4 Å². The fourth-order valence-corrected chi connectivity index (χ4v) is 3.38. The van der Waals surface area contributed by atoms with Gasteiger partial charge in [0.15, 0.2) is 0 Å². The van der Waals surface area contributed by atoms with Crippen molar-refractivity contribution < 1.29 is 13.2 Å². The monoisotopic (exact) mass is 372 g/mol. The maximum Gasteiger partial charge on any atom is 0.453 e. The Labute approximate surface area is 145 Å². The number of hydrogen-bond donors (Lipinski definition) is 0. The number of fused-ring (bicyclic) bond motifs is 1. The molecule has 0 N–H and O–H groups in total. The predicted molar refractivity (Wildman–Crippen MR) is 86.2 cm³/mol. The van der Waals surface area contributed by atoms with Crippen LogP contribution in [0, 0.1) is 6.92 Å². The van der Waals surface area contributed by atoms with Gasteiger partial charge in [0, 0.05) is 16.0 Å². The molecule has 0 saturated heterocycles. The molecule has 1 aromatic carbocycles. The summed E-state index contributed by atoms with van der Waals surface area (Å²) in [6, 6.07) is 9.01. The van der Waals surface area contributed by atoms with E-state index in [0.717, 1.165) is 10.1 Å². The minimum atomic E-state index is -4.61. The molecule has 0 spiro atoms. The topological polar surface area (TPSA) is 43.1 Å². The Hall–Kier alpha value is -1.80. The summed E-state index contributed by atoms with van der Waals surface area (Å²) < 4.78 is 39.6. The largest absolute Gasteiger partial charge is 0.453 e. The van der Waals surface area contributed by atoms with Gasteiger partial charge < -0.3 is 0 Å². The number of aromatic nitrogens is 4. The van der Waals surface area contributed by atoms with Gasteiger partial charge in [0.2, 0.25) is 0 Å². The second-order valence-corrected chi connectivity index (χ2v) is 6.99. The highest BCUT2D eigenvalue weighted by molar-refractivity contribution is 7.99. The van der Waals surface area contributed by atoms with Gasteiger partial charge in [-0.15, -0.1) is 5.10 Å². The molecule has 4 nitrogen and oxygen atoms in total. The minimum Gasteiger partial charge on any atom is -0.216 e. The van der Waals surface area contributed by atoms with Gasteiger partial charge in [0.25, 0.3) is 11.6 Å². The molecule has 0 aliphatic carbocycles. The minimum absolute atomic E-state index is 0.00852. The summed E-state index contributed by atoms with van der Waals surface area (Å²) in [6.45, 7) is 3.66. The number of benzene rings is 1. The van der Waals surface area contributed by atoms with Crippen LogP contribution in [0.4, 0.5) is 13.2 Å². The first-order valence-electron chi connectivity index (χ1n) is 6.98. The Balaban J connectivity index is 1.99. The molecule has 3 aromatic rings. The third-order valence-corrected chi connectivity index (χ3v) is 4.71. The van der Waals surface area contributed by atoms with Crippen LogP contribution in [0.2, 0.25) is 5.02 Å². The standard InChI is InChI=1S/C15H12ClF3N4S/c1-8-7-12(24-9(2)10-3-5-11(16)6-4-10)23-14(20-8)21-13(22-23)15(17,18)19/h3-7,9H,1-2H3. The zero-order chi connectivity index (χ0) is 17.5. The molecular weight excluding hydrogens is 361 g/mol. The third kappa shape index (κ3) is 3.49. The number of thioether (sulfide) groups is 1. The molecule has 3 rings (SSSR count). The van der Waals surface area contributed by atoms with Crippen molar-refractivity contribution in [2.75, 3.05) is 0 Å². The fourth-order valence-electron chi connectivity index (χ4n) is 2.14. The first kappa shape index (κ1) is 17.0. The average molecular weight is 373 g/mol. The number of hydrogen-bond acceptors (Lipinski definition) is 4. The van der Waals surface area contributed by atoms with Gasteiger partial charge in [-0.3, -0.25) is 0 Å². The molecule has 0 saturated carbocycles. The van der Waals surface area contributed by atoms with Crippen molar-refractivity contribution >= 4 is 29.1 Å². The highest BCUT2D eigenvalue weighted by atomic mass is 35.5. The lowest BCUT2D eigenvalue weighted by Crippen LogP contribution is -2.08. The number of alkyl halides is 3. The molecule has 24 heavy (non-hydrogen) atoms. The maximum absolute atomic E-state index is 12.8. The summed E-state index contributed by atoms with van der Waals surface area (Å²) in [5, 5.41) is 4.73. The van der Waals surface area contributed by atoms with E-state index in [9.17, 15) is 13.2 Å². The van der Waals surface area contributed by atoms with Gasteiger partial charge in [0.1, 0.15) is 5.03 Å². The van der Waals surface area contributed by atoms with E-state index in [1.54, 1.807) is 25.1 Å². The summed E-state index contributed by atoms with van der Waals surface area (Å²) in [5.74, 6) is -1.25. The number of halogens is 4. The zero-order valence-electron chi connectivity index (χ0n) is 12.7. The molecule has 0 amide bonds. The van der Waals surface area contributed by atoms with E-state index >= 15 is 0 Å². The van der Waals surface area contributed by atoms with E-state index in [2.05, 4.69) is 15.1 Å². The van der Waals surface area contributed by atoms with Crippen LogP contribution in [0.25, 0.3) is 5.78 Å². The van der Waals surface area contributed by atoms with Gasteiger partial charge in [-0.05, 0) is 37.6 Å². The van der Waals surface area contributed by atoms with Crippen molar-refractivity contribution in [1.29, 1.82) is 0 Å². The van der Waals surface area contributed by atoms with Crippen LogP contribution < -0.4 is 0 Å². The average Bonchev–Trinajstić information content (AvgIpc) is 2.92. The molecule has 126 valence electrons. The summed E-state index contributed by atoms with van der Waals surface area (Å²) in [7, 11) is 0. The molecule has 0 fully saturated rings. The van der Waals surface area contributed by atoms with Crippen LogP contribution >= 0.6 is 23.4 Å². The Morgan fingerprint density at radius 3 is 2.46 bits per heavy atom. The Morgan fingerprint density at radius 2 is 1.83 bits per heavy atom. The van der Waals surface area contributed by atoms with Crippen molar-refractivity contribution in [3.63, 3.8) is 0 Å². The van der Waals surface area contributed by atoms with Crippen molar-refractivity contribution in [3.8, 4) is 0 Å². The smallest absolute Gasteiger partial charge is 0.216 e. The summed E-state index contributed by atoms with van der Waals surface area (Å²) in [4.78, 5) is 7.50. The molecule has 0 aliphatic heterocycles. The second kappa shape index (κ2) is 6.25. The second-order valence-electron chi connectivity index (χ2n) is 5.19. The molecular formula is C15H12ClF3N4S. The number of rotatable bonds is 3. The number of nitrogens with zero attached hydrogens (tertiary/aromatic N) is 4. The first-order valence-corrected chi connectivity index (χ1v) is 8.23. The lowest BCUT2D eigenvalue weighted by atomic mass is 10.2. The van der Waals surface area contributed by atoms with Crippen molar-refractivity contribution in [2.24, 2.45) is 0 Å². The SMILES string of the molecule is Cc1cc(SC(C)c2ccc(Cl)cc2)n2nc(C(F)(F)F)nc2n1. The van der Waals surface area contributed by atoms with E-state index in [4.69, 9.17) is 11.6 Å². The van der Waals surface area contributed by atoms with Crippen LogP contribution in [0.15, 0.2) is 35.4 Å². The number of aryl methyl sites for hydroxylation is 1. The predicted octanol–water partition coefficient (Wildman–Crippen LogP) is 4.96. The third-order valence-electron chi connectivity index (χ3n) is 3.30. The maximum atomic E-state index is 12.8. The fraction of sp³-hybridized carbons (Fsp3) is 0.267. The normalized spacial score (nSPS) is 13.4. The molecule has 0 bridgehead atoms. The first-order chi connectivity index (χ1) is 11.2. The van der Waals surface area contributed by atoms with Crippen LogP contribution in [0.5, 0.6) is 0 Å². The molecule has 0 aliphatic rings. The molecule has 2 aromatic heterocycles. The van der Waals surface area contributed by atoms with Crippen LogP contribution in [-0.4, -0.2) is 19.6 Å². The van der Waals surface area contributed by atoms with Gasteiger partial charge >= 0.3 is 6.18 Å². The van der Waals surface area contributed by atoms with Crippen molar-refractivity contribution in [2.45, 2.75) is 30.3 Å². The molecule has 9 heteroatoms. The van der Waals surface area contributed by atoms with Crippen molar-refractivity contribution in [1.82, 2.24) is 19.6 Å². The summed E-state index contributed by atoms with van der Waals surface area (Å²) in [6.07, 6.45) is -4.61. The van der Waals surface area contributed by atoms with Crippen LogP contribution in [0.1, 0.15) is 29.3 Å². The van der Waals surface area contributed by atoms with Gasteiger partial charge in [-0.25, -0.2) is 4.98 Å².